The molecule has 4 nitrogen and oxygen atoms in total. The van der Waals surface area contributed by atoms with E-state index in [1.807, 2.05) is 0 Å². The molecule has 0 radical (unpaired) electrons. The van der Waals surface area contributed by atoms with Gasteiger partial charge in [0.25, 0.3) is 0 Å². The molecule has 1 heterocycles. The van der Waals surface area contributed by atoms with E-state index in [2.05, 4.69) is 24.1 Å². The standard InChI is InChI=1S/C16H32N2O2/c1-14(2)17-11-16(7-4-9-20-13-16)12-18(8-10-19-3)15-5-6-15/h14-15,17H,4-13H2,1-3H3. The Hall–Kier alpha value is -0.160. The molecule has 2 rings (SSSR count). The molecule has 2 fully saturated rings. The summed E-state index contributed by atoms with van der Waals surface area (Å²) in [6, 6.07) is 1.34. The summed E-state index contributed by atoms with van der Waals surface area (Å²) in [5.74, 6) is 0. The molecule has 20 heavy (non-hydrogen) atoms. The van der Waals surface area contributed by atoms with Gasteiger partial charge in [0.15, 0.2) is 0 Å². The van der Waals surface area contributed by atoms with E-state index in [-0.39, 0.29) is 0 Å². The SMILES string of the molecule is COCCN(CC1(CNC(C)C)CCCOC1)C1CC1. The highest BCUT2D eigenvalue weighted by molar-refractivity contribution is 4.93. The minimum Gasteiger partial charge on any atom is -0.383 e. The molecule has 4 heteroatoms. The summed E-state index contributed by atoms with van der Waals surface area (Å²) in [5.41, 5.74) is 0.291. The summed E-state index contributed by atoms with van der Waals surface area (Å²) >= 11 is 0. The average Bonchev–Trinajstić information content (AvgIpc) is 3.27. The van der Waals surface area contributed by atoms with Crippen LogP contribution in [-0.4, -0.2) is 63.5 Å². The predicted octanol–water partition coefficient (Wildman–Crippen LogP) is 1.89. The van der Waals surface area contributed by atoms with Crippen molar-refractivity contribution in [2.45, 2.75) is 51.6 Å². The van der Waals surface area contributed by atoms with Crippen molar-refractivity contribution in [3.63, 3.8) is 0 Å². The van der Waals surface area contributed by atoms with E-state index < -0.39 is 0 Å². The van der Waals surface area contributed by atoms with Crippen molar-refractivity contribution in [1.29, 1.82) is 0 Å². The Bertz CT molecular complexity index is 274. The van der Waals surface area contributed by atoms with Crippen molar-refractivity contribution in [2.24, 2.45) is 5.41 Å². The fourth-order valence-corrected chi connectivity index (χ4v) is 3.12. The summed E-state index contributed by atoms with van der Waals surface area (Å²) in [5, 5.41) is 3.64. The number of hydrogen-bond donors (Lipinski definition) is 1. The first-order valence-electron chi connectivity index (χ1n) is 8.19. The lowest BCUT2D eigenvalue weighted by atomic mass is 9.81. The second-order valence-corrected chi connectivity index (χ2v) is 6.89. The van der Waals surface area contributed by atoms with Crippen molar-refractivity contribution in [1.82, 2.24) is 10.2 Å². The third-order valence-corrected chi connectivity index (χ3v) is 4.47. The molecule has 2 aliphatic rings. The maximum Gasteiger partial charge on any atom is 0.0589 e. The van der Waals surface area contributed by atoms with Gasteiger partial charge in [-0.05, 0) is 25.7 Å². The van der Waals surface area contributed by atoms with Crippen LogP contribution in [0.2, 0.25) is 0 Å². The van der Waals surface area contributed by atoms with E-state index >= 15 is 0 Å². The molecule has 1 atom stereocenters. The molecule has 0 aromatic carbocycles. The number of methoxy groups -OCH3 is 1. The molecule has 1 saturated carbocycles. The van der Waals surface area contributed by atoms with Gasteiger partial charge in [-0.25, -0.2) is 0 Å². The highest BCUT2D eigenvalue weighted by Gasteiger charge is 2.38. The van der Waals surface area contributed by atoms with Gasteiger partial charge in [-0.15, -0.1) is 0 Å². The van der Waals surface area contributed by atoms with Crippen LogP contribution < -0.4 is 5.32 Å². The Morgan fingerprint density at radius 3 is 2.75 bits per heavy atom. The van der Waals surface area contributed by atoms with Crippen LogP contribution in [-0.2, 0) is 9.47 Å². The molecule has 0 amide bonds. The second-order valence-electron chi connectivity index (χ2n) is 6.89. The molecular formula is C16H32N2O2. The molecule has 1 unspecified atom stereocenters. The zero-order valence-electron chi connectivity index (χ0n) is 13.5. The summed E-state index contributed by atoms with van der Waals surface area (Å²) in [4.78, 5) is 2.64. The first-order chi connectivity index (χ1) is 9.65. The minimum atomic E-state index is 0.291. The normalized spacial score (nSPS) is 27.4. The van der Waals surface area contributed by atoms with Gasteiger partial charge >= 0.3 is 0 Å². The van der Waals surface area contributed by atoms with Gasteiger partial charge in [0.05, 0.1) is 13.2 Å². The van der Waals surface area contributed by atoms with E-state index in [1.54, 1.807) is 7.11 Å². The lowest BCUT2D eigenvalue weighted by molar-refractivity contribution is -0.0311. The molecule has 0 aromatic rings. The number of hydrogen-bond acceptors (Lipinski definition) is 4. The van der Waals surface area contributed by atoms with Crippen LogP contribution in [0.4, 0.5) is 0 Å². The van der Waals surface area contributed by atoms with E-state index in [0.29, 0.717) is 11.5 Å². The molecule has 1 aliphatic carbocycles. The predicted molar refractivity (Wildman–Crippen MR) is 82.1 cm³/mol. The van der Waals surface area contributed by atoms with Crippen molar-refractivity contribution >= 4 is 0 Å². The van der Waals surface area contributed by atoms with E-state index in [1.165, 1.54) is 25.7 Å². The second kappa shape index (κ2) is 7.74. The number of nitrogens with one attached hydrogen (secondary N) is 1. The largest absolute Gasteiger partial charge is 0.383 e. The fourth-order valence-electron chi connectivity index (χ4n) is 3.12. The zero-order chi connectivity index (χ0) is 14.4. The summed E-state index contributed by atoms with van der Waals surface area (Å²) in [6.45, 7) is 10.4. The van der Waals surface area contributed by atoms with Crippen LogP contribution in [0, 0.1) is 5.41 Å². The number of rotatable bonds is 9. The van der Waals surface area contributed by atoms with Gasteiger partial charge in [-0.2, -0.15) is 0 Å². The maximum atomic E-state index is 5.83. The summed E-state index contributed by atoms with van der Waals surface area (Å²) < 4.78 is 11.1. The molecule has 118 valence electrons. The highest BCUT2D eigenvalue weighted by Crippen LogP contribution is 2.34. The third-order valence-electron chi connectivity index (χ3n) is 4.47. The Morgan fingerprint density at radius 1 is 1.40 bits per heavy atom. The van der Waals surface area contributed by atoms with Crippen molar-refractivity contribution < 1.29 is 9.47 Å². The zero-order valence-corrected chi connectivity index (χ0v) is 13.5. The molecule has 1 aliphatic heterocycles. The first-order valence-corrected chi connectivity index (χ1v) is 8.19. The van der Waals surface area contributed by atoms with Crippen LogP contribution in [0.25, 0.3) is 0 Å². The molecule has 1 N–H and O–H groups in total. The Balaban J connectivity index is 1.93. The Labute approximate surface area is 124 Å². The van der Waals surface area contributed by atoms with Gasteiger partial charge in [-0.3, -0.25) is 4.90 Å². The lowest BCUT2D eigenvalue weighted by Crippen LogP contribution is -2.51. The van der Waals surface area contributed by atoms with Gasteiger partial charge < -0.3 is 14.8 Å². The fraction of sp³-hybridized carbons (Fsp3) is 1.00. The van der Waals surface area contributed by atoms with Crippen LogP contribution in [0.3, 0.4) is 0 Å². The highest BCUT2D eigenvalue weighted by atomic mass is 16.5. The van der Waals surface area contributed by atoms with Crippen molar-refractivity contribution in [3.8, 4) is 0 Å². The van der Waals surface area contributed by atoms with Crippen LogP contribution in [0.5, 0.6) is 0 Å². The smallest absolute Gasteiger partial charge is 0.0589 e. The summed E-state index contributed by atoms with van der Waals surface area (Å²) in [6.07, 6.45) is 5.20. The lowest BCUT2D eigenvalue weighted by Gasteiger charge is -2.41. The van der Waals surface area contributed by atoms with Crippen molar-refractivity contribution in [3.05, 3.63) is 0 Å². The van der Waals surface area contributed by atoms with Gasteiger partial charge in [-0.1, -0.05) is 13.8 Å². The molecule has 0 spiro atoms. The number of ether oxygens (including phenoxy) is 2. The quantitative estimate of drug-likeness (QED) is 0.701. The first kappa shape index (κ1) is 16.2. The molecule has 0 bridgehead atoms. The Morgan fingerprint density at radius 2 is 2.20 bits per heavy atom. The molecular weight excluding hydrogens is 252 g/mol. The molecule has 0 aromatic heterocycles. The Kier molecular flexibility index (Phi) is 6.27. The van der Waals surface area contributed by atoms with E-state index in [9.17, 15) is 0 Å². The van der Waals surface area contributed by atoms with E-state index in [0.717, 1.165) is 45.5 Å². The maximum absolute atomic E-state index is 5.83. The van der Waals surface area contributed by atoms with Crippen molar-refractivity contribution in [2.75, 3.05) is 46.6 Å². The minimum absolute atomic E-state index is 0.291. The van der Waals surface area contributed by atoms with Gasteiger partial charge in [0.1, 0.15) is 0 Å². The molecule has 1 saturated heterocycles. The summed E-state index contributed by atoms with van der Waals surface area (Å²) in [7, 11) is 1.80. The van der Waals surface area contributed by atoms with Crippen LogP contribution in [0.15, 0.2) is 0 Å². The van der Waals surface area contributed by atoms with Gasteiger partial charge in [0.2, 0.25) is 0 Å². The van der Waals surface area contributed by atoms with Gasteiger partial charge in [0, 0.05) is 50.8 Å². The van der Waals surface area contributed by atoms with E-state index in [4.69, 9.17) is 9.47 Å². The number of nitrogens with zero attached hydrogens (tertiary/aromatic N) is 1. The van der Waals surface area contributed by atoms with Crippen LogP contribution >= 0.6 is 0 Å². The van der Waals surface area contributed by atoms with Crippen LogP contribution in [0.1, 0.15) is 39.5 Å². The topological polar surface area (TPSA) is 33.7 Å². The third kappa shape index (κ3) is 4.99. The average molecular weight is 284 g/mol. The monoisotopic (exact) mass is 284 g/mol.